The monoisotopic (exact) mass is 445 g/mol. The predicted molar refractivity (Wildman–Crippen MR) is 25.3 cm³/mol. The van der Waals surface area contributed by atoms with Crippen LogP contribution in [-0.2, 0) is 42.1 Å². The topological polar surface area (TPSA) is 0 Å². The van der Waals surface area contributed by atoms with Gasteiger partial charge in [-0.3, -0.25) is 0 Å². The minimum absolute atomic E-state index is 0. The largest absolute Gasteiger partial charge is 0.184 e. The third-order valence-electron chi connectivity index (χ3n) is 0.607. The smallest absolute Gasteiger partial charge is 0 e. The van der Waals surface area contributed by atoms with E-state index in [0.717, 1.165) is 0 Å². The zero-order chi connectivity index (χ0) is 4.24. The standard InChI is InChI=1S/C6H5.2W/c1-2-4-6-5-3-1;;/h1-5H;;/q-1;;. The van der Waals surface area contributed by atoms with Crippen molar-refractivity contribution in [1.29, 1.82) is 0 Å². The molecule has 8 heavy (non-hydrogen) atoms. The molecule has 1 rings (SSSR count). The quantitative estimate of drug-likeness (QED) is 0.532. The maximum absolute atomic E-state index is 2.89. The first-order chi connectivity index (χ1) is 3.00. The summed E-state index contributed by atoms with van der Waals surface area (Å²) in [6.07, 6.45) is 0. The van der Waals surface area contributed by atoms with Gasteiger partial charge in [-0.15, -0.1) is 0 Å². The SMILES string of the molecule is [W].[W].[c-]1ccccc1. The third kappa shape index (κ3) is 4.75. The second kappa shape index (κ2) is 7.60. The zero-order valence-electron chi connectivity index (χ0n) is 4.20. The Balaban J connectivity index is 0. The molecule has 0 spiro atoms. The summed E-state index contributed by atoms with van der Waals surface area (Å²) in [7, 11) is 0. The molecular formula is C6H5W2-. The Morgan fingerprint density at radius 2 is 1.25 bits per heavy atom. The fraction of sp³-hybridized carbons (Fsp3) is 0. The molecule has 0 fully saturated rings. The van der Waals surface area contributed by atoms with E-state index in [1.54, 1.807) is 0 Å². The van der Waals surface area contributed by atoms with Gasteiger partial charge in [0.05, 0.1) is 0 Å². The predicted octanol–water partition coefficient (Wildman–Crippen LogP) is 1.48. The van der Waals surface area contributed by atoms with Gasteiger partial charge in [0.2, 0.25) is 0 Å². The van der Waals surface area contributed by atoms with E-state index < -0.39 is 0 Å². The molecule has 0 amide bonds. The number of hydrogen-bond acceptors (Lipinski definition) is 0. The van der Waals surface area contributed by atoms with Crippen LogP contribution in [0.15, 0.2) is 30.3 Å². The van der Waals surface area contributed by atoms with Crippen molar-refractivity contribution in [1.82, 2.24) is 0 Å². The fourth-order valence-electron chi connectivity index (χ4n) is 0.342. The van der Waals surface area contributed by atoms with Crippen LogP contribution in [0.2, 0.25) is 0 Å². The molecule has 0 heterocycles. The van der Waals surface area contributed by atoms with Gasteiger partial charge in [-0.25, -0.2) is 0 Å². The second-order valence-electron chi connectivity index (χ2n) is 1.08. The maximum atomic E-state index is 2.89. The van der Waals surface area contributed by atoms with E-state index in [1.165, 1.54) is 0 Å². The van der Waals surface area contributed by atoms with Gasteiger partial charge in [-0.1, -0.05) is 0 Å². The number of hydrogen-bond donors (Lipinski definition) is 0. The van der Waals surface area contributed by atoms with Gasteiger partial charge in [0.15, 0.2) is 0 Å². The normalized spacial score (nSPS) is 6.00. The van der Waals surface area contributed by atoms with Crippen molar-refractivity contribution in [2.75, 3.05) is 0 Å². The summed E-state index contributed by atoms with van der Waals surface area (Å²) in [4.78, 5) is 0. The van der Waals surface area contributed by atoms with E-state index in [0.29, 0.717) is 0 Å². The molecule has 0 radical (unpaired) electrons. The Labute approximate surface area is 78.2 Å². The van der Waals surface area contributed by atoms with Gasteiger partial charge in [-0.2, -0.15) is 36.4 Å². The van der Waals surface area contributed by atoms with Gasteiger partial charge in [0.25, 0.3) is 0 Å². The molecule has 0 saturated heterocycles. The van der Waals surface area contributed by atoms with Gasteiger partial charge in [0, 0.05) is 42.1 Å². The molecule has 0 N–H and O–H groups in total. The van der Waals surface area contributed by atoms with Crippen molar-refractivity contribution in [3.05, 3.63) is 36.4 Å². The molecule has 0 aliphatic rings. The summed E-state index contributed by atoms with van der Waals surface area (Å²) >= 11 is 0. The Hall–Kier alpha value is 0.597. The molecule has 0 aromatic heterocycles. The van der Waals surface area contributed by atoms with Crippen molar-refractivity contribution in [2.24, 2.45) is 0 Å². The first kappa shape index (κ1) is 11.4. The molecule has 0 bridgehead atoms. The van der Waals surface area contributed by atoms with Crippen LogP contribution >= 0.6 is 0 Å². The molecule has 1 aromatic rings. The van der Waals surface area contributed by atoms with Gasteiger partial charge in [-0.05, 0) is 0 Å². The second-order valence-corrected chi connectivity index (χ2v) is 1.08. The van der Waals surface area contributed by atoms with Gasteiger partial charge in [0.1, 0.15) is 0 Å². The average molecular weight is 445 g/mol. The molecule has 0 atom stereocenters. The van der Waals surface area contributed by atoms with Crippen molar-refractivity contribution in [3.8, 4) is 0 Å². The van der Waals surface area contributed by atoms with E-state index in [9.17, 15) is 0 Å². The summed E-state index contributed by atoms with van der Waals surface area (Å²) in [6.45, 7) is 0. The summed E-state index contributed by atoms with van der Waals surface area (Å²) in [5.41, 5.74) is 0. The first-order valence-electron chi connectivity index (χ1n) is 1.91. The van der Waals surface area contributed by atoms with E-state index in [-0.39, 0.29) is 42.1 Å². The minimum atomic E-state index is 0. The van der Waals surface area contributed by atoms with Crippen LogP contribution in [0.4, 0.5) is 0 Å². The molecule has 0 saturated carbocycles. The van der Waals surface area contributed by atoms with Crippen LogP contribution in [0.25, 0.3) is 0 Å². The van der Waals surface area contributed by atoms with E-state index in [1.807, 2.05) is 30.3 Å². The molecule has 0 aliphatic carbocycles. The Morgan fingerprint density at radius 1 is 0.750 bits per heavy atom. The minimum Gasteiger partial charge on any atom is -0.184 e. The van der Waals surface area contributed by atoms with E-state index in [4.69, 9.17) is 0 Å². The van der Waals surface area contributed by atoms with Crippen LogP contribution in [0.5, 0.6) is 0 Å². The molecular weight excluding hydrogens is 440 g/mol. The molecule has 42 valence electrons. The van der Waals surface area contributed by atoms with Crippen molar-refractivity contribution in [2.45, 2.75) is 0 Å². The average Bonchev–Trinajstić information content (AvgIpc) is 1.72. The summed E-state index contributed by atoms with van der Waals surface area (Å²) < 4.78 is 0. The molecule has 0 aliphatic heterocycles. The third-order valence-corrected chi connectivity index (χ3v) is 0.607. The fourth-order valence-corrected chi connectivity index (χ4v) is 0.342. The summed E-state index contributed by atoms with van der Waals surface area (Å²) in [5, 5.41) is 0. The Bertz CT molecular complexity index is 78.5. The zero-order valence-corrected chi connectivity index (χ0v) is 10.1. The Kier molecular flexibility index (Phi) is 10.8. The Morgan fingerprint density at radius 3 is 1.38 bits per heavy atom. The molecule has 1 aromatic carbocycles. The van der Waals surface area contributed by atoms with Crippen molar-refractivity contribution in [3.63, 3.8) is 0 Å². The molecule has 2 heteroatoms. The van der Waals surface area contributed by atoms with Gasteiger partial charge < -0.3 is 0 Å². The van der Waals surface area contributed by atoms with Crippen molar-refractivity contribution < 1.29 is 42.1 Å². The first-order valence-corrected chi connectivity index (χ1v) is 1.91. The summed E-state index contributed by atoms with van der Waals surface area (Å²) in [6, 6.07) is 12.5. The van der Waals surface area contributed by atoms with E-state index in [2.05, 4.69) is 6.07 Å². The summed E-state index contributed by atoms with van der Waals surface area (Å²) in [5.74, 6) is 0. The molecule has 0 nitrogen and oxygen atoms in total. The van der Waals surface area contributed by atoms with Crippen LogP contribution in [0.3, 0.4) is 0 Å². The number of benzene rings is 1. The van der Waals surface area contributed by atoms with E-state index >= 15 is 0 Å². The molecule has 0 unspecified atom stereocenters. The van der Waals surface area contributed by atoms with Crippen LogP contribution < -0.4 is 0 Å². The van der Waals surface area contributed by atoms with Crippen molar-refractivity contribution >= 4 is 0 Å². The maximum Gasteiger partial charge on any atom is 0 e. The van der Waals surface area contributed by atoms with Crippen LogP contribution in [0.1, 0.15) is 0 Å². The van der Waals surface area contributed by atoms with Gasteiger partial charge >= 0.3 is 0 Å². The number of rotatable bonds is 0. The van der Waals surface area contributed by atoms with Crippen LogP contribution in [-0.4, -0.2) is 0 Å². The van der Waals surface area contributed by atoms with Crippen LogP contribution in [0, 0.1) is 6.07 Å².